The molecule has 1 heterocycles. The van der Waals surface area contributed by atoms with Crippen molar-refractivity contribution in [3.63, 3.8) is 0 Å². The lowest BCUT2D eigenvalue weighted by molar-refractivity contribution is -0.139. The van der Waals surface area contributed by atoms with Crippen LogP contribution in [0.25, 0.3) is 0 Å². The molecule has 0 saturated heterocycles. The van der Waals surface area contributed by atoms with Crippen molar-refractivity contribution in [1.29, 1.82) is 0 Å². The maximum absolute atomic E-state index is 12.5. The van der Waals surface area contributed by atoms with Gasteiger partial charge in [0.25, 0.3) is 5.91 Å². The lowest BCUT2D eigenvalue weighted by Crippen LogP contribution is -2.45. The molecule has 0 fully saturated rings. The molecule has 1 aliphatic heterocycles. The Labute approximate surface area is 229 Å². The number of nitrogens with one attached hydrogen (secondary N) is 3. The second-order valence-corrected chi connectivity index (χ2v) is 9.38. The summed E-state index contributed by atoms with van der Waals surface area (Å²) in [4.78, 5) is 36.8. The van der Waals surface area contributed by atoms with Gasteiger partial charge in [0.15, 0.2) is 18.1 Å². The van der Waals surface area contributed by atoms with Gasteiger partial charge in [-0.1, -0.05) is 22.0 Å². The molecule has 0 spiro atoms. The number of urea groups is 1. The zero-order valence-corrected chi connectivity index (χ0v) is 23.2. The fraction of sp³-hybridized carbons (Fsp3) is 0.250. The van der Waals surface area contributed by atoms with E-state index >= 15 is 0 Å². The standard InChI is InChI=1S/C24H24Br2N4O7/c1-4-36-23(33)20-12(2)28-24(34)29-21(20)13-5-6-17(18(8-13)35-3)37-11-19(31)30-27-10-14-7-15(25)9-16(26)22(14)32/h5-10,21,32H,4,11H2,1-3H3,(H,30,31)(H2,28,29,34)/b27-10-/t21-/m0/s1. The molecule has 1 atom stereocenters. The van der Waals surface area contributed by atoms with Gasteiger partial charge in [0.2, 0.25) is 0 Å². The van der Waals surface area contributed by atoms with Crippen LogP contribution in [0.5, 0.6) is 17.2 Å². The van der Waals surface area contributed by atoms with E-state index in [4.69, 9.17) is 14.2 Å². The first-order chi connectivity index (χ1) is 17.6. The lowest BCUT2D eigenvalue weighted by atomic mass is 9.95. The van der Waals surface area contributed by atoms with Crippen LogP contribution >= 0.6 is 31.9 Å². The number of carbonyl (C=O) groups excluding carboxylic acids is 3. The zero-order valence-electron chi connectivity index (χ0n) is 20.1. The number of aromatic hydroxyl groups is 1. The molecule has 3 rings (SSSR count). The summed E-state index contributed by atoms with van der Waals surface area (Å²) in [6.07, 6.45) is 1.29. The van der Waals surface area contributed by atoms with E-state index < -0.39 is 23.9 Å². The average molecular weight is 640 g/mol. The fourth-order valence-corrected chi connectivity index (χ4v) is 4.70. The minimum Gasteiger partial charge on any atom is -0.506 e. The first-order valence-electron chi connectivity index (χ1n) is 10.9. The maximum atomic E-state index is 12.5. The van der Waals surface area contributed by atoms with E-state index in [1.165, 1.54) is 13.3 Å². The van der Waals surface area contributed by atoms with E-state index in [2.05, 4.69) is 53.0 Å². The number of allylic oxidation sites excluding steroid dienone is 1. The molecule has 2 aromatic rings. The Bertz CT molecular complexity index is 1280. The van der Waals surface area contributed by atoms with Crippen LogP contribution in [0.1, 0.15) is 31.0 Å². The molecule has 37 heavy (non-hydrogen) atoms. The van der Waals surface area contributed by atoms with Crippen molar-refractivity contribution in [2.24, 2.45) is 5.10 Å². The second kappa shape index (κ2) is 12.6. The van der Waals surface area contributed by atoms with Gasteiger partial charge < -0.3 is 30.0 Å². The maximum Gasteiger partial charge on any atom is 0.338 e. The van der Waals surface area contributed by atoms with E-state index in [0.29, 0.717) is 25.8 Å². The minimum absolute atomic E-state index is 0.0247. The van der Waals surface area contributed by atoms with E-state index in [1.807, 2.05) is 0 Å². The first kappa shape index (κ1) is 28.0. The molecule has 0 aliphatic carbocycles. The van der Waals surface area contributed by atoms with Gasteiger partial charge >= 0.3 is 12.0 Å². The van der Waals surface area contributed by atoms with Crippen LogP contribution in [0.3, 0.4) is 0 Å². The summed E-state index contributed by atoms with van der Waals surface area (Å²) in [6.45, 7) is 3.11. The number of benzene rings is 2. The number of halogens is 2. The van der Waals surface area contributed by atoms with Crippen molar-refractivity contribution >= 4 is 56.0 Å². The van der Waals surface area contributed by atoms with E-state index in [0.717, 1.165) is 0 Å². The summed E-state index contributed by atoms with van der Waals surface area (Å²) in [6, 6.07) is 6.87. The molecular weight excluding hydrogens is 616 g/mol. The van der Waals surface area contributed by atoms with Crippen molar-refractivity contribution in [3.8, 4) is 17.2 Å². The zero-order chi connectivity index (χ0) is 27.1. The number of rotatable bonds is 9. The molecule has 0 aromatic heterocycles. The number of phenolic OH excluding ortho intramolecular Hbond substituents is 1. The highest BCUT2D eigenvalue weighted by atomic mass is 79.9. The molecule has 4 N–H and O–H groups in total. The van der Waals surface area contributed by atoms with Crippen molar-refractivity contribution in [3.05, 3.63) is 61.7 Å². The molecule has 196 valence electrons. The van der Waals surface area contributed by atoms with Crippen molar-refractivity contribution in [1.82, 2.24) is 16.1 Å². The molecule has 11 nitrogen and oxygen atoms in total. The van der Waals surface area contributed by atoms with E-state index in [-0.39, 0.29) is 36.0 Å². The number of carbonyl (C=O) groups is 3. The van der Waals surface area contributed by atoms with E-state index in [9.17, 15) is 19.5 Å². The molecule has 0 bridgehead atoms. The summed E-state index contributed by atoms with van der Waals surface area (Å²) >= 11 is 6.54. The van der Waals surface area contributed by atoms with Crippen LogP contribution in [0.4, 0.5) is 4.79 Å². The number of hydrogen-bond acceptors (Lipinski definition) is 8. The van der Waals surface area contributed by atoms with Gasteiger partial charge in [-0.05, 0) is 59.6 Å². The van der Waals surface area contributed by atoms with Crippen LogP contribution in [-0.4, -0.2) is 49.6 Å². The summed E-state index contributed by atoms with van der Waals surface area (Å²) in [5, 5.41) is 19.2. The third-order valence-corrected chi connectivity index (χ3v) is 6.16. The molecule has 0 unspecified atom stereocenters. The Morgan fingerprint density at radius 2 is 1.97 bits per heavy atom. The molecule has 0 radical (unpaired) electrons. The molecule has 3 amide bonds. The Kier molecular flexibility index (Phi) is 9.53. The largest absolute Gasteiger partial charge is 0.506 e. The van der Waals surface area contributed by atoms with Gasteiger partial charge in [-0.25, -0.2) is 15.0 Å². The normalized spacial score (nSPS) is 15.2. The van der Waals surface area contributed by atoms with Gasteiger partial charge in [0, 0.05) is 15.7 Å². The van der Waals surface area contributed by atoms with Crippen LogP contribution in [0.2, 0.25) is 0 Å². The first-order valence-corrected chi connectivity index (χ1v) is 12.5. The monoisotopic (exact) mass is 638 g/mol. The quantitative estimate of drug-likeness (QED) is 0.186. The highest BCUT2D eigenvalue weighted by Gasteiger charge is 2.32. The number of nitrogens with zero attached hydrogens (tertiary/aromatic N) is 1. The highest BCUT2D eigenvalue weighted by Crippen LogP contribution is 2.35. The Hall–Kier alpha value is -3.58. The number of esters is 1. The van der Waals surface area contributed by atoms with Gasteiger partial charge in [-0.2, -0.15) is 5.10 Å². The summed E-state index contributed by atoms with van der Waals surface area (Å²) < 4.78 is 17.3. The Balaban J connectivity index is 1.70. The summed E-state index contributed by atoms with van der Waals surface area (Å²) in [5.41, 5.74) is 3.90. The lowest BCUT2D eigenvalue weighted by Gasteiger charge is -2.28. The number of hydrazone groups is 1. The average Bonchev–Trinajstić information content (AvgIpc) is 2.85. The molecular formula is C24H24Br2N4O7. The highest BCUT2D eigenvalue weighted by molar-refractivity contribution is 9.11. The topological polar surface area (TPSA) is 148 Å². The Morgan fingerprint density at radius 1 is 1.22 bits per heavy atom. The molecule has 0 saturated carbocycles. The SMILES string of the molecule is CCOC(=O)C1=C(C)NC(=O)N[C@H]1c1ccc(OCC(=O)N/N=C\c2cc(Br)cc(Br)c2O)c(OC)c1. The predicted molar refractivity (Wildman–Crippen MR) is 141 cm³/mol. The number of methoxy groups -OCH3 is 1. The summed E-state index contributed by atoms with van der Waals surface area (Å²) in [5.74, 6) is -0.588. The van der Waals surface area contributed by atoms with Crippen LogP contribution < -0.4 is 25.5 Å². The molecule has 1 aliphatic rings. The van der Waals surface area contributed by atoms with Crippen LogP contribution in [-0.2, 0) is 14.3 Å². The fourth-order valence-electron chi connectivity index (χ4n) is 3.44. The Morgan fingerprint density at radius 3 is 2.68 bits per heavy atom. The number of hydrogen-bond donors (Lipinski definition) is 4. The van der Waals surface area contributed by atoms with Gasteiger partial charge in [-0.15, -0.1) is 0 Å². The van der Waals surface area contributed by atoms with Gasteiger partial charge in [0.1, 0.15) is 5.75 Å². The van der Waals surface area contributed by atoms with E-state index in [1.54, 1.807) is 44.2 Å². The van der Waals surface area contributed by atoms with Gasteiger partial charge in [-0.3, -0.25) is 4.79 Å². The predicted octanol–water partition coefficient (Wildman–Crippen LogP) is 3.65. The minimum atomic E-state index is -0.775. The third kappa shape index (κ3) is 7.01. The summed E-state index contributed by atoms with van der Waals surface area (Å²) in [7, 11) is 1.42. The molecule has 2 aromatic carbocycles. The van der Waals surface area contributed by atoms with Crippen LogP contribution in [0, 0.1) is 0 Å². The third-order valence-electron chi connectivity index (χ3n) is 5.09. The van der Waals surface area contributed by atoms with Crippen molar-refractivity contribution < 1.29 is 33.7 Å². The van der Waals surface area contributed by atoms with Crippen molar-refractivity contribution in [2.75, 3.05) is 20.3 Å². The van der Waals surface area contributed by atoms with Crippen molar-refractivity contribution in [2.45, 2.75) is 19.9 Å². The number of amides is 3. The van der Waals surface area contributed by atoms with Crippen LogP contribution in [0.15, 0.2) is 55.6 Å². The smallest absolute Gasteiger partial charge is 0.338 e. The number of phenols is 1. The second-order valence-electron chi connectivity index (χ2n) is 7.61. The molecule has 13 heteroatoms. The number of ether oxygens (including phenoxy) is 3. The van der Waals surface area contributed by atoms with Gasteiger partial charge in [0.05, 0.1) is 36.0 Å².